The van der Waals surface area contributed by atoms with E-state index in [4.69, 9.17) is 0 Å². The Hall–Kier alpha value is -2.63. The van der Waals surface area contributed by atoms with Crippen LogP contribution in [0.3, 0.4) is 0 Å². The summed E-state index contributed by atoms with van der Waals surface area (Å²) in [6.45, 7) is 1.55. The third-order valence-electron chi connectivity index (χ3n) is 5.09. The Morgan fingerprint density at radius 3 is 2.19 bits per heavy atom. The van der Waals surface area contributed by atoms with Crippen LogP contribution in [0.1, 0.15) is 28.9 Å². The standard InChI is InChI=1S/C21H23N3O5S3/c1-31(26,27)22-16-5-8-18(9-6-16)32(28,29)23-17-7-10-19-15(13-17)14-20(30-19)21(25)24-11-3-2-4-12-24/h5-10,13-14,22-23H,2-4,11-12H2,1H3. The lowest BCUT2D eigenvalue weighted by atomic mass is 10.1. The van der Waals surface area contributed by atoms with Crippen LogP contribution in [0.25, 0.3) is 10.1 Å². The molecule has 8 nitrogen and oxygen atoms in total. The zero-order valence-electron chi connectivity index (χ0n) is 17.4. The number of anilines is 2. The van der Waals surface area contributed by atoms with Crippen molar-refractivity contribution >= 4 is 58.8 Å². The monoisotopic (exact) mass is 493 g/mol. The molecule has 4 rings (SSSR count). The number of carbonyl (C=O) groups excluding carboxylic acids is 1. The highest BCUT2D eigenvalue weighted by atomic mass is 32.2. The number of sulfonamides is 2. The van der Waals surface area contributed by atoms with Gasteiger partial charge in [-0.05, 0) is 73.2 Å². The van der Waals surface area contributed by atoms with Crippen molar-refractivity contribution in [1.29, 1.82) is 0 Å². The van der Waals surface area contributed by atoms with Crippen LogP contribution in [0, 0.1) is 0 Å². The third-order valence-corrected chi connectivity index (χ3v) is 8.20. The Labute approximate surface area is 191 Å². The van der Waals surface area contributed by atoms with Gasteiger partial charge in [0, 0.05) is 29.2 Å². The van der Waals surface area contributed by atoms with E-state index < -0.39 is 20.0 Å². The number of benzene rings is 2. The topological polar surface area (TPSA) is 113 Å². The molecule has 1 aliphatic rings. The Bertz CT molecular complexity index is 1360. The Morgan fingerprint density at radius 2 is 1.53 bits per heavy atom. The molecule has 11 heteroatoms. The molecule has 0 spiro atoms. The SMILES string of the molecule is CS(=O)(=O)Nc1ccc(S(=O)(=O)Nc2ccc3sc(C(=O)N4CCCCC4)cc3c2)cc1. The fourth-order valence-electron chi connectivity index (χ4n) is 3.60. The predicted molar refractivity (Wildman–Crippen MR) is 127 cm³/mol. The van der Waals surface area contributed by atoms with Crippen molar-refractivity contribution in [2.45, 2.75) is 24.2 Å². The molecule has 1 saturated heterocycles. The van der Waals surface area contributed by atoms with Gasteiger partial charge in [-0.25, -0.2) is 16.8 Å². The van der Waals surface area contributed by atoms with Gasteiger partial charge in [0.1, 0.15) is 0 Å². The summed E-state index contributed by atoms with van der Waals surface area (Å²) in [6, 6.07) is 12.4. The molecule has 3 aromatic rings. The number of nitrogens with zero attached hydrogens (tertiary/aromatic N) is 1. The second kappa shape index (κ2) is 8.72. The summed E-state index contributed by atoms with van der Waals surface area (Å²) in [4.78, 5) is 15.3. The molecule has 170 valence electrons. The lowest BCUT2D eigenvalue weighted by Crippen LogP contribution is -2.35. The van der Waals surface area contributed by atoms with E-state index in [2.05, 4.69) is 9.44 Å². The highest BCUT2D eigenvalue weighted by molar-refractivity contribution is 7.92. The van der Waals surface area contributed by atoms with Crippen molar-refractivity contribution in [2.24, 2.45) is 0 Å². The fraction of sp³-hybridized carbons (Fsp3) is 0.286. The third kappa shape index (κ3) is 5.22. The van der Waals surface area contributed by atoms with Gasteiger partial charge in [0.2, 0.25) is 10.0 Å². The molecule has 0 aliphatic carbocycles. The van der Waals surface area contributed by atoms with Crippen LogP contribution in [-0.4, -0.2) is 47.0 Å². The number of hydrogen-bond donors (Lipinski definition) is 2. The van der Waals surface area contributed by atoms with E-state index in [0.29, 0.717) is 10.6 Å². The molecule has 1 fully saturated rings. The van der Waals surface area contributed by atoms with Crippen LogP contribution in [0.5, 0.6) is 0 Å². The average molecular weight is 494 g/mol. The van der Waals surface area contributed by atoms with Crippen LogP contribution in [0.15, 0.2) is 53.4 Å². The first-order valence-corrected chi connectivity index (χ1v) is 14.2. The van der Waals surface area contributed by atoms with Crippen LogP contribution < -0.4 is 9.44 Å². The summed E-state index contributed by atoms with van der Waals surface area (Å²) >= 11 is 1.40. The van der Waals surface area contributed by atoms with E-state index in [9.17, 15) is 21.6 Å². The molecule has 2 aromatic carbocycles. The first kappa shape index (κ1) is 22.6. The number of amides is 1. The highest BCUT2D eigenvalue weighted by Gasteiger charge is 2.21. The van der Waals surface area contributed by atoms with E-state index in [1.165, 1.54) is 35.6 Å². The van der Waals surface area contributed by atoms with Gasteiger partial charge in [-0.3, -0.25) is 14.2 Å². The molecule has 0 saturated carbocycles. The summed E-state index contributed by atoms with van der Waals surface area (Å²) in [5.74, 6) is 0.0239. The first-order valence-electron chi connectivity index (χ1n) is 10.0. The summed E-state index contributed by atoms with van der Waals surface area (Å²) < 4.78 is 53.8. The number of nitrogens with one attached hydrogen (secondary N) is 2. The van der Waals surface area contributed by atoms with Gasteiger partial charge in [0.05, 0.1) is 16.0 Å². The van der Waals surface area contributed by atoms with Crippen molar-refractivity contribution in [1.82, 2.24) is 4.90 Å². The van der Waals surface area contributed by atoms with Gasteiger partial charge in [0.15, 0.2) is 0 Å². The molecular weight excluding hydrogens is 470 g/mol. The molecule has 1 amide bonds. The van der Waals surface area contributed by atoms with Crippen LogP contribution in [0.4, 0.5) is 11.4 Å². The summed E-state index contributed by atoms with van der Waals surface area (Å²) in [6.07, 6.45) is 4.21. The van der Waals surface area contributed by atoms with Crippen molar-refractivity contribution in [3.05, 3.63) is 53.4 Å². The van der Waals surface area contributed by atoms with Gasteiger partial charge in [-0.2, -0.15) is 0 Å². The molecular formula is C21H23N3O5S3. The summed E-state index contributed by atoms with van der Waals surface area (Å²) in [7, 11) is -7.32. The van der Waals surface area contributed by atoms with E-state index in [1.807, 2.05) is 4.90 Å². The number of hydrogen-bond acceptors (Lipinski definition) is 6. The molecule has 2 heterocycles. The number of carbonyl (C=O) groups is 1. The Kier molecular flexibility index (Phi) is 6.15. The molecule has 0 unspecified atom stereocenters. The molecule has 0 bridgehead atoms. The Morgan fingerprint density at radius 1 is 0.875 bits per heavy atom. The first-order chi connectivity index (χ1) is 15.1. The lowest BCUT2D eigenvalue weighted by Gasteiger charge is -2.26. The molecule has 1 aliphatic heterocycles. The zero-order chi connectivity index (χ0) is 22.9. The molecule has 1 aromatic heterocycles. The Balaban J connectivity index is 1.52. The van der Waals surface area contributed by atoms with Crippen LogP contribution in [-0.2, 0) is 20.0 Å². The number of rotatable bonds is 6. The van der Waals surface area contributed by atoms with E-state index in [1.54, 1.807) is 24.3 Å². The lowest BCUT2D eigenvalue weighted by molar-refractivity contribution is 0.0729. The maximum atomic E-state index is 12.8. The summed E-state index contributed by atoms with van der Waals surface area (Å²) in [5.41, 5.74) is 0.655. The van der Waals surface area contributed by atoms with Crippen molar-refractivity contribution < 1.29 is 21.6 Å². The minimum absolute atomic E-state index is 0.00271. The molecule has 2 N–H and O–H groups in total. The van der Waals surface area contributed by atoms with E-state index in [0.717, 1.165) is 48.7 Å². The second-order valence-electron chi connectivity index (χ2n) is 7.72. The second-order valence-corrected chi connectivity index (χ2v) is 12.2. The number of thiophene rings is 1. The van der Waals surface area contributed by atoms with E-state index >= 15 is 0 Å². The minimum atomic E-state index is -3.87. The highest BCUT2D eigenvalue weighted by Crippen LogP contribution is 2.30. The van der Waals surface area contributed by atoms with Crippen LogP contribution in [0.2, 0.25) is 0 Å². The largest absolute Gasteiger partial charge is 0.338 e. The van der Waals surface area contributed by atoms with Crippen molar-refractivity contribution in [3.63, 3.8) is 0 Å². The van der Waals surface area contributed by atoms with Crippen molar-refractivity contribution in [3.8, 4) is 0 Å². The van der Waals surface area contributed by atoms with Gasteiger partial charge in [-0.15, -0.1) is 11.3 Å². The van der Waals surface area contributed by atoms with Gasteiger partial charge in [0.25, 0.3) is 15.9 Å². The smallest absolute Gasteiger partial charge is 0.263 e. The normalized spacial score (nSPS) is 15.0. The van der Waals surface area contributed by atoms with Gasteiger partial charge in [-0.1, -0.05) is 0 Å². The zero-order valence-corrected chi connectivity index (χ0v) is 19.8. The minimum Gasteiger partial charge on any atom is -0.338 e. The molecule has 0 radical (unpaired) electrons. The van der Waals surface area contributed by atoms with Crippen molar-refractivity contribution in [2.75, 3.05) is 28.8 Å². The number of fused-ring (bicyclic) bond motifs is 1. The molecule has 0 atom stereocenters. The quantitative estimate of drug-likeness (QED) is 0.544. The van der Waals surface area contributed by atoms with Gasteiger partial charge < -0.3 is 4.90 Å². The number of likely N-dealkylation sites (tertiary alicyclic amines) is 1. The summed E-state index contributed by atoms with van der Waals surface area (Å²) in [5, 5.41) is 0.795. The maximum Gasteiger partial charge on any atom is 0.263 e. The number of piperidine rings is 1. The fourth-order valence-corrected chi connectivity index (χ4v) is 6.22. The van der Waals surface area contributed by atoms with Crippen LogP contribution >= 0.6 is 11.3 Å². The van der Waals surface area contributed by atoms with Gasteiger partial charge >= 0.3 is 0 Å². The predicted octanol–water partition coefficient (Wildman–Crippen LogP) is 3.70. The maximum absolute atomic E-state index is 12.8. The molecule has 32 heavy (non-hydrogen) atoms. The van der Waals surface area contributed by atoms with E-state index in [-0.39, 0.29) is 16.5 Å². The average Bonchev–Trinajstić information content (AvgIpc) is 3.16.